The molecule has 90 heavy (non-hydrogen) atoms. The molecular formula is C62H86Br2ClFN8O16. The van der Waals surface area contributed by atoms with Gasteiger partial charge in [0.1, 0.15) is 64.2 Å². The van der Waals surface area contributed by atoms with Crippen LogP contribution in [0, 0.1) is 17.7 Å². The third-order valence-corrected chi connectivity index (χ3v) is 18.6. The summed E-state index contributed by atoms with van der Waals surface area (Å²) >= 11 is 13.5. The number of urea groups is 1. The molecule has 3 aliphatic heterocycles. The fraction of sp³-hybridized carbons (Fsp3) is 0.597. The minimum absolute atomic E-state index is 0.0349. The van der Waals surface area contributed by atoms with Crippen molar-refractivity contribution in [3.63, 3.8) is 0 Å². The van der Waals surface area contributed by atoms with Crippen LogP contribution in [0.15, 0.2) is 54.1 Å². The number of ether oxygens (including phenoxy) is 6. The SMILES string of the molecule is COc1cc2cc(c1Cl)N(C)C(=O)C[C@H](OC(=O)[C@H](C)N(C)C(=O)c1ccc(NC(=O)[C@H](CCCNC(N)=O)NC(=O)[C@@H](NC(=O)CCCCC(C)(C)OC(C=O)(CBr)CBr)C(C)C)cc1F)[C@]1(C)O[C@H]1[C@H](C)[C@@H]1C[C@@](O)(NC(=O)O1)[C@H](OC)/C=C/C=C(\C)C2. The molecule has 28 heteroatoms. The quantitative estimate of drug-likeness (QED) is 0.0163. The highest BCUT2D eigenvalue weighted by molar-refractivity contribution is 9.10. The van der Waals surface area contributed by atoms with Gasteiger partial charge in [-0.2, -0.15) is 0 Å². The number of carbonyl (C=O) groups excluding carboxylic acids is 9. The molecule has 4 bridgehead atoms. The van der Waals surface area contributed by atoms with E-state index in [2.05, 4.69) is 58.4 Å². The van der Waals surface area contributed by atoms with Gasteiger partial charge in [-0.1, -0.05) is 94.5 Å². The molecule has 2 saturated heterocycles. The molecule has 0 unspecified atom stereocenters. The van der Waals surface area contributed by atoms with Gasteiger partial charge in [0, 0.05) is 62.9 Å². The molecule has 498 valence electrons. The normalized spacial score (nSPS) is 24.0. The van der Waals surface area contributed by atoms with E-state index in [4.69, 9.17) is 45.8 Å². The number of carbonyl (C=O) groups is 9. The van der Waals surface area contributed by atoms with Crippen LogP contribution in [0.5, 0.6) is 5.75 Å². The van der Waals surface area contributed by atoms with Crippen LogP contribution >= 0.6 is 43.5 Å². The lowest BCUT2D eigenvalue weighted by Gasteiger charge is -2.42. The van der Waals surface area contributed by atoms with Crippen molar-refractivity contribution in [3.05, 3.63) is 76.1 Å². The maximum Gasteiger partial charge on any atom is 0.409 e. The van der Waals surface area contributed by atoms with Gasteiger partial charge in [0.2, 0.25) is 23.6 Å². The molecule has 2 fully saturated rings. The number of hydrogen-bond acceptors (Lipinski definition) is 16. The van der Waals surface area contributed by atoms with Crippen molar-refractivity contribution in [2.45, 2.75) is 178 Å². The molecule has 24 nitrogen and oxygen atoms in total. The Morgan fingerprint density at radius 2 is 1.73 bits per heavy atom. The number of aliphatic hydroxyl groups is 1. The Kier molecular flexibility index (Phi) is 26.8. The number of epoxide rings is 1. The predicted octanol–water partition coefficient (Wildman–Crippen LogP) is 7.06. The number of fused-ring (bicyclic) bond motifs is 5. The van der Waals surface area contributed by atoms with Crippen LogP contribution in [0.1, 0.15) is 123 Å². The van der Waals surface area contributed by atoms with Crippen LogP contribution in [-0.2, 0) is 58.9 Å². The molecule has 8 N–H and O–H groups in total. The van der Waals surface area contributed by atoms with E-state index in [0.29, 0.717) is 25.7 Å². The van der Waals surface area contributed by atoms with Gasteiger partial charge >= 0.3 is 18.1 Å². The summed E-state index contributed by atoms with van der Waals surface area (Å²) in [5, 5.41) is 25.5. The molecule has 2 aromatic carbocycles. The summed E-state index contributed by atoms with van der Waals surface area (Å²) in [5.74, 6) is -6.41. The summed E-state index contributed by atoms with van der Waals surface area (Å²) in [6.45, 7) is 13.7. The summed E-state index contributed by atoms with van der Waals surface area (Å²) in [6.07, 6.45) is 2.11. The Morgan fingerprint density at radius 3 is 2.34 bits per heavy atom. The van der Waals surface area contributed by atoms with Crippen molar-refractivity contribution in [2.24, 2.45) is 17.6 Å². The minimum Gasteiger partial charge on any atom is -0.495 e. The Labute approximate surface area is 546 Å². The molecule has 0 saturated carbocycles. The van der Waals surface area contributed by atoms with Crippen LogP contribution in [0.25, 0.3) is 0 Å². The molecule has 5 rings (SSSR count). The van der Waals surface area contributed by atoms with E-state index in [1.807, 2.05) is 26.8 Å². The number of amides is 8. The number of methoxy groups -OCH3 is 2. The number of allylic oxidation sites excluding steroid dienone is 3. The van der Waals surface area contributed by atoms with Gasteiger partial charge < -0.3 is 75.1 Å². The smallest absolute Gasteiger partial charge is 0.409 e. The van der Waals surface area contributed by atoms with Gasteiger partial charge in [-0.05, 0) is 109 Å². The molecule has 3 heterocycles. The minimum atomic E-state index is -1.94. The van der Waals surface area contributed by atoms with Gasteiger partial charge in [-0.3, -0.25) is 29.3 Å². The average molecular weight is 1410 g/mol. The number of benzene rings is 2. The second-order valence-electron chi connectivity index (χ2n) is 24.3. The van der Waals surface area contributed by atoms with Crippen LogP contribution in [0.4, 0.5) is 25.4 Å². The second-order valence-corrected chi connectivity index (χ2v) is 25.8. The number of rotatable bonds is 26. The molecule has 0 aliphatic carbocycles. The molecule has 2 aromatic rings. The number of unbranched alkanes of at least 4 members (excludes halogenated alkanes) is 1. The van der Waals surface area contributed by atoms with Crippen molar-refractivity contribution >= 4 is 109 Å². The van der Waals surface area contributed by atoms with Crippen molar-refractivity contribution in [3.8, 4) is 5.75 Å². The summed E-state index contributed by atoms with van der Waals surface area (Å²) in [6, 6.07) is 2.06. The third-order valence-electron chi connectivity index (χ3n) is 16.4. The van der Waals surface area contributed by atoms with E-state index in [9.17, 15) is 48.3 Å². The van der Waals surface area contributed by atoms with Crippen molar-refractivity contribution in [2.75, 3.05) is 55.7 Å². The number of alkyl carbamates (subject to hydrolysis) is 1. The maximum atomic E-state index is 16.2. The Bertz CT molecular complexity index is 3030. The fourth-order valence-corrected chi connectivity index (χ4v) is 12.5. The van der Waals surface area contributed by atoms with Gasteiger partial charge in [0.15, 0.2) is 12.0 Å². The number of nitrogens with two attached hydrogens (primary N) is 1. The molecule has 0 spiro atoms. The summed E-state index contributed by atoms with van der Waals surface area (Å²) in [7, 11) is 5.56. The lowest BCUT2D eigenvalue weighted by Crippen LogP contribution is -2.63. The standard InChI is InChI=1S/C62H86Br2ClFN8O16/c1-34(2)51(71-48(76)20-13-14-23-59(6,7)90-61(31-63,32-64)33-75)54(79)70-42(18-16-24-68-57(67)82)53(78)69-39-21-22-40(41(66)28-39)55(80)73(9)37(5)56(81)88-47-29-49(77)74(10)43-26-38(27-44(85-11)50(43)65)25-35(3)17-15-19-46(86-12)62(84)30-45(87-58(83)72-62)36(4)52-60(47,8)89-52/h15,17,19,21-22,26-28,33-34,36-37,42,45-47,51-52,84H,13-14,16,18,20,23-25,29-32H2,1-12H3,(H,69,78)(H,70,79)(H,71,76)(H,72,83)(H3,67,68,82)/b19-15+,35-17+/t36-,37+,42+,45+,46-,47+,51+,52+,60+,62+/m1/s1. The van der Waals surface area contributed by atoms with E-state index in [-0.39, 0.29) is 65.0 Å². The van der Waals surface area contributed by atoms with Gasteiger partial charge in [0.25, 0.3) is 5.91 Å². The Balaban J connectivity index is 1.32. The second kappa shape index (κ2) is 32.4. The molecule has 8 amide bonds. The lowest BCUT2D eigenvalue weighted by atomic mass is 9.83. The number of primary amides is 1. The Morgan fingerprint density at radius 1 is 1.04 bits per heavy atom. The first kappa shape index (κ1) is 74.5. The Hall–Kier alpha value is -6.23. The van der Waals surface area contributed by atoms with Crippen LogP contribution < -0.4 is 42.0 Å². The predicted molar refractivity (Wildman–Crippen MR) is 341 cm³/mol. The van der Waals surface area contributed by atoms with Crippen molar-refractivity contribution < 1.29 is 81.1 Å². The molecule has 10 atom stereocenters. The average Bonchev–Trinajstić information content (AvgIpc) is 1.57. The summed E-state index contributed by atoms with van der Waals surface area (Å²) in [4.78, 5) is 123. The first-order chi connectivity index (χ1) is 42.2. The first-order valence-corrected chi connectivity index (χ1v) is 32.2. The number of nitrogens with zero attached hydrogens (tertiary/aromatic N) is 2. The first-order valence-electron chi connectivity index (χ1n) is 29.6. The monoisotopic (exact) mass is 1410 g/mol. The fourth-order valence-electron chi connectivity index (χ4n) is 10.8. The molecule has 3 aliphatic rings. The topological polar surface area (TPSA) is 325 Å². The van der Waals surface area contributed by atoms with Gasteiger partial charge in [0.05, 0.1) is 36.5 Å². The van der Waals surface area contributed by atoms with Crippen molar-refractivity contribution in [1.29, 1.82) is 0 Å². The van der Waals surface area contributed by atoms with Crippen LogP contribution in [0.2, 0.25) is 5.02 Å². The highest BCUT2D eigenvalue weighted by Gasteiger charge is 2.64. The van der Waals surface area contributed by atoms with Crippen LogP contribution in [-0.4, -0.2) is 175 Å². The number of likely N-dealkylation sites (N-methyl/N-ethyl adjacent to an activating group) is 1. The zero-order valence-electron chi connectivity index (χ0n) is 52.9. The largest absolute Gasteiger partial charge is 0.495 e. The number of alkyl halides is 2. The zero-order valence-corrected chi connectivity index (χ0v) is 56.9. The highest BCUT2D eigenvalue weighted by atomic mass is 79.9. The molecule has 0 radical (unpaired) electrons. The maximum absolute atomic E-state index is 16.2. The van der Waals surface area contributed by atoms with E-state index in [1.165, 1.54) is 46.2 Å². The van der Waals surface area contributed by atoms with E-state index >= 15 is 4.39 Å². The van der Waals surface area contributed by atoms with Crippen LogP contribution in [0.3, 0.4) is 0 Å². The number of hydrogen-bond donors (Lipinski definition) is 7. The summed E-state index contributed by atoms with van der Waals surface area (Å²) < 4.78 is 51.8. The van der Waals surface area contributed by atoms with Gasteiger partial charge in [-0.25, -0.2) is 18.8 Å². The van der Waals surface area contributed by atoms with E-state index < -0.39 is 142 Å². The van der Waals surface area contributed by atoms with E-state index in [1.54, 1.807) is 52.0 Å². The van der Waals surface area contributed by atoms with Gasteiger partial charge in [-0.15, -0.1) is 0 Å². The molecular weight excluding hydrogens is 1330 g/mol. The highest BCUT2D eigenvalue weighted by Crippen LogP contribution is 2.49. The number of esters is 1. The third kappa shape index (κ3) is 19.4. The van der Waals surface area contributed by atoms with E-state index in [0.717, 1.165) is 34.5 Å². The number of aldehydes is 1. The summed E-state index contributed by atoms with van der Waals surface area (Å²) in [5.41, 5.74) is 1.34. The number of halogens is 4. The van der Waals surface area contributed by atoms with Crippen molar-refractivity contribution in [1.82, 2.24) is 26.2 Å². The zero-order chi connectivity index (χ0) is 67.2. The molecule has 0 aromatic heterocycles. The lowest BCUT2D eigenvalue weighted by molar-refractivity contribution is -0.158. The number of anilines is 2. The number of nitrogens with one attached hydrogen (secondary N) is 5.